The zero-order chi connectivity index (χ0) is 17.1. The third kappa shape index (κ3) is 3.63. The second-order valence-corrected chi connectivity index (χ2v) is 6.49. The summed E-state index contributed by atoms with van der Waals surface area (Å²) in [6.45, 7) is 3.88. The Labute approximate surface area is 141 Å². The maximum atomic E-state index is 12.3. The monoisotopic (exact) mass is 333 g/mol. The van der Waals surface area contributed by atoms with Crippen molar-refractivity contribution in [2.24, 2.45) is 5.92 Å². The van der Waals surface area contributed by atoms with Crippen LogP contribution in [0.1, 0.15) is 49.9 Å². The number of benzene rings is 1. The van der Waals surface area contributed by atoms with Gasteiger partial charge in [-0.2, -0.15) is 0 Å². The minimum absolute atomic E-state index is 0.145. The van der Waals surface area contributed by atoms with Gasteiger partial charge in [-0.3, -0.25) is 4.79 Å². The van der Waals surface area contributed by atoms with Gasteiger partial charge in [0, 0.05) is 6.04 Å². The highest BCUT2D eigenvalue weighted by molar-refractivity contribution is 5.93. The molecule has 24 heavy (non-hydrogen) atoms. The number of esters is 1. The predicted molar refractivity (Wildman–Crippen MR) is 87.0 cm³/mol. The van der Waals surface area contributed by atoms with Crippen LogP contribution in [0.25, 0.3) is 0 Å². The molecule has 0 aromatic heterocycles. The third-order valence-electron chi connectivity index (χ3n) is 4.70. The normalized spacial score (nSPS) is 23.4. The molecule has 1 fully saturated rings. The molecule has 1 aromatic carbocycles. The number of rotatable bonds is 4. The Balaban J connectivity index is 1.56. The molecule has 0 spiro atoms. The molecule has 130 valence electrons. The Bertz CT molecular complexity index is 630. The molecule has 3 atom stereocenters. The van der Waals surface area contributed by atoms with E-state index in [0.29, 0.717) is 23.0 Å². The molecule has 1 aromatic rings. The van der Waals surface area contributed by atoms with Gasteiger partial charge in [0.05, 0.1) is 5.56 Å². The Morgan fingerprint density at radius 3 is 2.75 bits per heavy atom. The van der Waals surface area contributed by atoms with Crippen LogP contribution < -0.4 is 14.8 Å². The molecule has 0 radical (unpaired) electrons. The van der Waals surface area contributed by atoms with Crippen LogP contribution in [-0.4, -0.2) is 30.8 Å². The maximum Gasteiger partial charge on any atom is 0.339 e. The van der Waals surface area contributed by atoms with Crippen LogP contribution >= 0.6 is 0 Å². The van der Waals surface area contributed by atoms with Gasteiger partial charge in [0.25, 0.3) is 5.91 Å². The summed E-state index contributed by atoms with van der Waals surface area (Å²) in [6, 6.07) is 4.99. The average molecular weight is 333 g/mol. The van der Waals surface area contributed by atoms with Crippen molar-refractivity contribution in [3.05, 3.63) is 23.8 Å². The van der Waals surface area contributed by atoms with Gasteiger partial charge in [-0.1, -0.05) is 19.8 Å². The molecule has 3 rings (SSSR count). The van der Waals surface area contributed by atoms with Crippen molar-refractivity contribution < 1.29 is 23.8 Å². The van der Waals surface area contributed by atoms with Crippen LogP contribution in [0.2, 0.25) is 0 Å². The largest absolute Gasteiger partial charge is 0.454 e. The van der Waals surface area contributed by atoms with Crippen LogP contribution in [0.4, 0.5) is 0 Å². The smallest absolute Gasteiger partial charge is 0.339 e. The minimum atomic E-state index is -0.836. The van der Waals surface area contributed by atoms with E-state index in [-0.39, 0.29) is 18.7 Å². The fraction of sp³-hybridized carbons (Fsp3) is 0.556. The van der Waals surface area contributed by atoms with Gasteiger partial charge in [-0.05, 0) is 43.9 Å². The summed E-state index contributed by atoms with van der Waals surface area (Å²) in [5.41, 5.74) is 0.338. The van der Waals surface area contributed by atoms with E-state index >= 15 is 0 Å². The van der Waals surface area contributed by atoms with E-state index < -0.39 is 12.1 Å². The lowest BCUT2D eigenvalue weighted by atomic mass is 9.86. The summed E-state index contributed by atoms with van der Waals surface area (Å²) in [5, 5.41) is 3.01. The zero-order valence-electron chi connectivity index (χ0n) is 14.0. The molecule has 6 nitrogen and oxygen atoms in total. The van der Waals surface area contributed by atoms with Crippen molar-refractivity contribution in [3.8, 4) is 11.5 Å². The second-order valence-electron chi connectivity index (χ2n) is 6.49. The highest BCUT2D eigenvalue weighted by Gasteiger charge is 2.27. The van der Waals surface area contributed by atoms with Crippen molar-refractivity contribution in [2.45, 2.75) is 51.7 Å². The van der Waals surface area contributed by atoms with Gasteiger partial charge in [-0.25, -0.2) is 4.79 Å². The molecule has 1 aliphatic carbocycles. The molecule has 1 aliphatic heterocycles. The fourth-order valence-electron chi connectivity index (χ4n) is 3.14. The lowest BCUT2D eigenvalue weighted by Gasteiger charge is -2.30. The number of amides is 1. The molecule has 1 amide bonds. The summed E-state index contributed by atoms with van der Waals surface area (Å²) in [6.07, 6.45) is 3.60. The van der Waals surface area contributed by atoms with E-state index in [0.717, 1.165) is 19.3 Å². The van der Waals surface area contributed by atoms with E-state index in [9.17, 15) is 9.59 Å². The molecular formula is C18H23NO5. The number of carbonyl (C=O) groups is 2. The van der Waals surface area contributed by atoms with Gasteiger partial charge >= 0.3 is 5.97 Å². The lowest BCUT2D eigenvalue weighted by molar-refractivity contribution is -0.130. The average Bonchev–Trinajstić information content (AvgIpc) is 3.04. The van der Waals surface area contributed by atoms with E-state index in [1.54, 1.807) is 25.1 Å². The van der Waals surface area contributed by atoms with Crippen molar-refractivity contribution in [1.82, 2.24) is 5.32 Å². The van der Waals surface area contributed by atoms with Crippen molar-refractivity contribution >= 4 is 11.9 Å². The van der Waals surface area contributed by atoms with E-state index in [4.69, 9.17) is 14.2 Å². The first-order valence-corrected chi connectivity index (χ1v) is 8.45. The van der Waals surface area contributed by atoms with E-state index in [1.165, 1.54) is 6.42 Å². The van der Waals surface area contributed by atoms with E-state index in [1.807, 2.05) is 0 Å². The number of fused-ring (bicyclic) bond motifs is 1. The first-order chi connectivity index (χ1) is 11.5. The Kier molecular flexibility index (Phi) is 4.92. The Morgan fingerprint density at radius 2 is 1.96 bits per heavy atom. The molecule has 2 aliphatic rings. The fourth-order valence-corrected chi connectivity index (χ4v) is 3.14. The summed E-state index contributed by atoms with van der Waals surface area (Å²) in [5.74, 6) is 0.774. The number of carbonyl (C=O) groups excluding carboxylic acids is 2. The molecule has 0 bridgehead atoms. The minimum Gasteiger partial charge on any atom is -0.454 e. The summed E-state index contributed by atoms with van der Waals surface area (Å²) in [7, 11) is 0. The second kappa shape index (κ2) is 7.11. The highest BCUT2D eigenvalue weighted by atomic mass is 16.7. The van der Waals surface area contributed by atoms with Crippen LogP contribution in [0, 0.1) is 5.92 Å². The van der Waals surface area contributed by atoms with Crippen molar-refractivity contribution in [1.29, 1.82) is 0 Å². The summed E-state index contributed by atoms with van der Waals surface area (Å²) < 4.78 is 15.7. The summed E-state index contributed by atoms with van der Waals surface area (Å²) in [4.78, 5) is 24.5. The lowest BCUT2D eigenvalue weighted by Crippen LogP contribution is -2.45. The summed E-state index contributed by atoms with van der Waals surface area (Å²) >= 11 is 0. The van der Waals surface area contributed by atoms with Gasteiger partial charge in [-0.15, -0.1) is 0 Å². The zero-order valence-corrected chi connectivity index (χ0v) is 14.0. The third-order valence-corrected chi connectivity index (χ3v) is 4.70. The topological polar surface area (TPSA) is 73.9 Å². The highest BCUT2D eigenvalue weighted by Crippen LogP contribution is 2.32. The number of hydrogen-bond donors (Lipinski definition) is 1. The maximum absolute atomic E-state index is 12.3. The SMILES string of the molecule is C[C@H](OC(=O)c1ccc2c(c1)OCO2)C(=O)N[C@H]1CCCC[C@H]1C. The molecule has 6 heteroatoms. The molecule has 0 saturated heterocycles. The van der Waals surface area contributed by atoms with Gasteiger partial charge < -0.3 is 19.5 Å². The molecule has 1 N–H and O–H groups in total. The molecular weight excluding hydrogens is 310 g/mol. The molecule has 1 saturated carbocycles. The van der Waals surface area contributed by atoms with E-state index in [2.05, 4.69) is 12.2 Å². The van der Waals surface area contributed by atoms with Crippen molar-refractivity contribution in [2.75, 3.05) is 6.79 Å². The standard InChI is InChI=1S/C18H23NO5/c1-11-5-3-4-6-14(11)19-17(20)12(2)24-18(21)13-7-8-15-16(9-13)23-10-22-15/h7-9,11-12,14H,3-6,10H2,1-2H3,(H,19,20)/t11-,12+,14+/m1/s1. The van der Waals surface area contributed by atoms with Gasteiger partial charge in [0.15, 0.2) is 17.6 Å². The number of hydrogen-bond acceptors (Lipinski definition) is 5. The van der Waals surface area contributed by atoms with Gasteiger partial charge in [0.1, 0.15) is 0 Å². The van der Waals surface area contributed by atoms with Crippen LogP contribution in [0.3, 0.4) is 0 Å². The quantitative estimate of drug-likeness (QED) is 0.858. The van der Waals surface area contributed by atoms with Crippen molar-refractivity contribution in [3.63, 3.8) is 0 Å². The first kappa shape index (κ1) is 16.6. The predicted octanol–water partition coefficient (Wildman–Crippen LogP) is 2.66. The Hall–Kier alpha value is -2.24. The molecule has 1 heterocycles. The van der Waals surface area contributed by atoms with Gasteiger partial charge in [0.2, 0.25) is 6.79 Å². The Morgan fingerprint density at radius 1 is 1.21 bits per heavy atom. The first-order valence-electron chi connectivity index (χ1n) is 8.45. The number of ether oxygens (including phenoxy) is 3. The molecule has 0 unspecified atom stereocenters. The van der Waals surface area contributed by atoms with Crippen LogP contribution in [0.5, 0.6) is 11.5 Å². The number of nitrogens with one attached hydrogen (secondary N) is 1. The van der Waals surface area contributed by atoms with Crippen LogP contribution in [0.15, 0.2) is 18.2 Å². The van der Waals surface area contributed by atoms with Crippen LogP contribution in [-0.2, 0) is 9.53 Å².